The molecule has 2 atom stereocenters. The normalized spacial score (nSPS) is 17.4. The lowest BCUT2D eigenvalue weighted by Crippen LogP contribution is -2.48. The number of rotatable bonds is 4. The lowest BCUT2D eigenvalue weighted by Gasteiger charge is -2.38. The minimum atomic E-state index is -0.706. The second kappa shape index (κ2) is 7.28. The lowest BCUT2D eigenvalue weighted by molar-refractivity contribution is -0.122. The summed E-state index contributed by atoms with van der Waals surface area (Å²) in [7, 11) is 0. The van der Waals surface area contributed by atoms with Crippen LogP contribution in [0.4, 0.5) is 0 Å². The second-order valence-corrected chi connectivity index (χ2v) is 6.84. The van der Waals surface area contributed by atoms with Crippen LogP contribution in [-0.4, -0.2) is 22.8 Å². The molecule has 0 saturated carbocycles. The number of aryl methyl sites for hydroxylation is 1. The maximum atomic E-state index is 13.2. The van der Waals surface area contributed by atoms with Crippen molar-refractivity contribution in [1.29, 1.82) is 0 Å². The van der Waals surface area contributed by atoms with Crippen molar-refractivity contribution in [2.75, 3.05) is 0 Å². The van der Waals surface area contributed by atoms with Crippen LogP contribution in [0.25, 0.3) is 0 Å². The van der Waals surface area contributed by atoms with E-state index in [-0.39, 0.29) is 11.9 Å². The van der Waals surface area contributed by atoms with Gasteiger partial charge in [0.15, 0.2) is 0 Å². The van der Waals surface area contributed by atoms with Crippen LogP contribution in [0.15, 0.2) is 48.5 Å². The first kappa shape index (κ1) is 17.5. The van der Waals surface area contributed by atoms with E-state index in [0.29, 0.717) is 10.6 Å². The van der Waals surface area contributed by atoms with Crippen LogP contribution >= 0.6 is 11.6 Å². The number of nitrogens with two attached hydrogens (primary N) is 1. The highest BCUT2D eigenvalue weighted by atomic mass is 35.5. The van der Waals surface area contributed by atoms with Crippen LogP contribution < -0.4 is 5.73 Å². The van der Waals surface area contributed by atoms with E-state index >= 15 is 0 Å². The molecule has 0 spiro atoms. The molecule has 5 heteroatoms. The van der Waals surface area contributed by atoms with E-state index in [0.717, 1.165) is 24.8 Å². The molecule has 2 amide bonds. The molecule has 1 aliphatic rings. The maximum Gasteiger partial charge on any atom is 0.255 e. The van der Waals surface area contributed by atoms with Gasteiger partial charge in [-0.2, -0.15) is 0 Å². The first-order chi connectivity index (χ1) is 12.0. The van der Waals surface area contributed by atoms with E-state index in [1.807, 2.05) is 36.4 Å². The third kappa shape index (κ3) is 3.54. The van der Waals surface area contributed by atoms with Crippen molar-refractivity contribution in [3.8, 4) is 0 Å². The van der Waals surface area contributed by atoms with Gasteiger partial charge >= 0.3 is 0 Å². The van der Waals surface area contributed by atoms with Crippen molar-refractivity contribution in [1.82, 2.24) is 4.90 Å². The monoisotopic (exact) mass is 356 g/mol. The van der Waals surface area contributed by atoms with Gasteiger partial charge in [-0.25, -0.2) is 0 Å². The van der Waals surface area contributed by atoms with E-state index in [2.05, 4.69) is 0 Å². The van der Waals surface area contributed by atoms with Gasteiger partial charge in [-0.1, -0.05) is 35.9 Å². The van der Waals surface area contributed by atoms with Crippen molar-refractivity contribution in [2.24, 2.45) is 5.73 Å². The highest BCUT2D eigenvalue weighted by Crippen LogP contribution is 2.37. The van der Waals surface area contributed by atoms with Crippen molar-refractivity contribution < 1.29 is 9.59 Å². The molecule has 4 nitrogen and oxygen atoms in total. The van der Waals surface area contributed by atoms with Crippen LogP contribution in [-0.2, 0) is 11.2 Å². The number of primary amides is 1. The molecule has 0 bridgehead atoms. The van der Waals surface area contributed by atoms with E-state index < -0.39 is 11.9 Å². The summed E-state index contributed by atoms with van der Waals surface area (Å²) >= 11 is 6.19. The molecule has 0 fully saturated rings. The predicted molar refractivity (Wildman–Crippen MR) is 98.4 cm³/mol. The molecule has 130 valence electrons. The molecule has 25 heavy (non-hydrogen) atoms. The Hall–Kier alpha value is -2.33. The highest BCUT2D eigenvalue weighted by molar-refractivity contribution is 6.30. The Morgan fingerprint density at radius 1 is 1.20 bits per heavy atom. The lowest BCUT2D eigenvalue weighted by atomic mass is 9.85. The zero-order valence-electron chi connectivity index (χ0n) is 14.1. The molecule has 0 unspecified atom stereocenters. The number of hydrogen-bond acceptors (Lipinski definition) is 2. The Balaban J connectivity index is 2.06. The molecule has 0 heterocycles. The Morgan fingerprint density at radius 2 is 1.92 bits per heavy atom. The fourth-order valence-electron chi connectivity index (χ4n) is 3.49. The van der Waals surface area contributed by atoms with Gasteiger partial charge < -0.3 is 10.6 Å². The average molecular weight is 357 g/mol. The maximum absolute atomic E-state index is 13.2. The van der Waals surface area contributed by atoms with E-state index in [1.165, 1.54) is 5.56 Å². The molecule has 0 radical (unpaired) electrons. The fraction of sp³-hybridized carbons (Fsp3) is 0.300. The first-order valence-electron chi connectivity index (χ1n) is 8.44. The van der Waals surface area contributed by atoms with Crippen LogP contribution in [0.5, 0.6) is 0 Å². The summed E-state index contributed by atoms with van der Waals surface area (Å²) in [5.41, 5.74) is 8.28. The summed E-state index contributed by atoms with van der Waals surface area (Å²) < 4.78 is 0. The highest BCUT2D eigenvalue weighted by Gasteiger charge is 2.35. The van der Waals surface area contributed by atoms with E-state index in [4.69, 9.17) is 17.3 Å². The number of halogens is 1. The third-order valence-corrected chi connectivity index (χ3v) is 5.05. The minimum Gasteiger partial charge on any atom is -0.368 e. The number of hydrogen-bond donors (Lipinski definition) is 1. The average Bonchev–Trinajstić information content (AvgIpc) is 2.62. The summed E-state index contributed by atoms with van der Waals surface area (Å²) in [6.07, 6.45) is 2.67. The van der Waals surface area contributed by atoms with Crippen LogP contribution in [0, 0.1) is 0 Å². The number of benzene rings is 2. The Kier molecular flexibility index (Phi) is 5.09. The molecule has 0 aliphatic heterocycles. The molecule has 2 aromatic rings. The molecular formula is C20H21ClN2O2. The van der Waals surface area contributed by atoms with Gasteiger partial charge in [-0.3, -0.25) is 9.59 Å². The van der Waals surface area contributed by atoms with Gasteiger partial charge in [0.2, 0.25) is 5.91 Å². The Labute approximate surface area is 152 Å². The number of amides is 2. The van der Waals surface area contributed by atoms with Gasteiger partial charge in [-0.15, -0.1) is 0 Å². The van der Waals surface area contributed by atoms with Gasteiger partial charge in [-0.05, 0) is 61.6 Å². The van der Waals surface area contributed by atoms with Crippen LogP contribution in [0.2, 0.25) is 5.02 Å². The van der Waals surface area contributed by atoms with Crippen molar-refractivity contribution in [3.05, 3.63) is 70.2 Å². The van der Waals surface area contributed by atoms with Crippen molar-refractivity contribution in [2.45, 2.75) is 38.3 Å². The van der Waals surface area contributed by atoms with Crippen LogP contribution in [0.1, 0.15) is 47.3 Å². The molecule has 2 aromatic carbocycles. The van der Waals surface area contributed by atoms with Crippen LogP contribution in [0.3, 0.4) is 0 Å². The van der Waals surface area contributed by atoms with Gasteiger partial charge in [0.25, 0.3) is 5.91 Å². The minimum absolute atomic E-state index is 0.190. The summed E-state index contributed by atoms with van der Waals surface area (Å²) in [5, 5.41) is 0.629. The van der Waals surface area contributed by atoms with Gasteiger partial charge in [0.1, 0.15) is 6.04 Å². The number of nitrogens with zero attached hydrogens (tertiary/aromatic N) is 1. The Bertz CT molecular complexity index is 792. The standard InChI is InChI=1S/C20H21ClN2O2/c1-13(19(22)24)23(20(25)15-6-3-2-4-7-15)18-9-5-8-14-10-11-16(21)12-17(14)18/h2-4,6-7,10-13,18H,5,8-9H2,1H3,(H2,22,24)/t13-,18-/m1/s1. The summed E-state index contributed by atoms with van der Waals surface area (Å²) in [5.74, 6) is -0.705. The van der Waals surface area contributed by atoms with Crippen molar-refractivity contribution in [3.63, 3.8) is 0 Å². The molecule has 0 aromatic heterocycles. The second-order valence-electron chi connectivity index (χ2n) is 6.41. The zero-order chi connectivity index (χ0) is 18.0. The SMILES string of the molecule is C[C@H](C(N)=O)N(C(=O)c1ccccc1)[C@@H]1CCCc2ccc(Cl)cc21. The smallest absolute Gasteiger partial charge is 0.255 e. The summed E-state index contributed by atoms with van der Waals surface area (Å²) in [6.45, 7) is 1.68. The Morgan fingerprint density at radius 3 is 2.60 bits per heavy atom. The number of fused-ring (bicyclic) bond motifs is 1. The summed E-state index contributed by atoms with van der Waals surface area (Å²) in [6, 6.07) is 13.8. The van der Waals surface area contributed by atoms with Gasteiger partial charge in [0.05, 0.1) is 6.04 Å². The molecule has 0 saturated heterocycles. The van der Waals surface area contributed by atoms with Crippen molar-refractivity contribution >= 4 is 23.4 Å². The quantitative estimate of drug-likeness (QED) is 0.907. The molecule has 3 rings (SSSR count). The van der Waals surface area contributed by atoms with Gasteiger partial charge in [0, 0.05) is 10.6 Å². The molecule has 1 aliphatic carbocycles. The summed E-state index contributed by atoms with van der Waals surface area (Å²) in [4.78, 5) is 26.7. The predicted octanol–water partition coefficient (Wildman–Crippen LogP) is 3.73. The molecule has 2 N–H and O–H groups in total. The zero-order valence-corrected chi connectivity index (χ0v) is 14.9. The van der Waals surface area contributed by atoms with E-state index in [9.17, 15) is 9.59 Å². The largest absolute Gasteiger partial charge is 0.368 e. The third-order valence-electron chi connectivity index (χ3n) is 4.81. The van der Waals surface area contributed by atoms with E-state index in [1.54, 1.807) is 24.0 Å². The fourth-order valence-corrected chi connectivity index (χ4v) is 3.67. The first-order valence-corrected chi connectivity index (χ1v) is 8.82. The molecular weight excluding hydrogens is 336 g/mol. The number of carbonyl (C=O) groups is 2. The topological polar surface area (TPSA) is 63.4 Å². The number of carbonyl (C=O) groups excluding carboxylic acids is 2.